The minimum absolute atomic E-state index is 0.0875. The Labute approximate surface area is 130 Å². The Morgan fingerprint density at radius 1 is 0.905 bits per heavy atom. The molecule has 5 heteroatoms. The standard InChI is InChI=1S/C16H17BrF4/c17-14-2-1-11(12-8-16(20,21)9-12)7-13(14)10-3-5-15(18,19)6-4-10/h1-2,7,10,12H,3-6,8-9H2. The molecule has 0 radical (unpaired) electrons. The summed E-state index contributed by atoms with van der Waals surface area (Å²) >= 11 is 3.47. The molecule has 2 aliphatic rings. The molecule has 116 valence electrons. The van der Waals surface area contributed by atoms with Crippen LogP contribution in [0.5, 0.6) is 0 Å². The van der Waals surface area contributed by atoms with Gasteiger partial charge >= 0.3 is 0 Å². The van der Waals surface area contributed by atoms with Gasteiger partial charge in [0.1, 0.15) is 0 Å². The van der Waals surface area contributed by atoms with Crippen LogP contribution < -0.4 is 0 Å². The second-order valence-corrected chi connectivity index (χ2v) is 7.23. The predicted molar refractivity (Wildman–Crippen MR) is 77.2 cm³/mol. The molecular formula is C16H17BrF4. The van der Waals surface area contributed by atoms with Crippen molar-refractivity contribution in [3.8, 4) is 0 Å². The van der Waals surface area contributed by atoms with E-state index in [9.17, 15) is 17.6 Å². The number of benzene rings is 1. The lowest BCUT2D eigenvalue weighted by atomic mass is 9.75. The summed E-state index contributed by atoms with van der Waals surface area (Å²) in [5.74, 6) is -5.09. The van der Waals surface area contributed by atoms with Crippen molar-refractivity contribution in [2.45, 2.75) is 62.2 Å². The highest BCUT2D eigenvalue weighted by atomic mass is 79.9. The molecule has 0 amide bonds. The van der Waals surface area contributed by atoms with Crippen molar-refractivity contribution in [3.05, 3.63) is 33.8 Å². The molecule has 0 unspecified atom stereocenters. The van der Waals surface area contributed by atoms with E-state index in [1.54, 1.807) is 0 Å². The largest absolute Gasteiger partial charge is 0.249 e. The van der Waals surface area contributed by atoms with Crippen molar-refractivity contribution >= 4 is 15.9 Å². The van der Waals surface area contributed by atoms with Gasteiger partial charge in [-0.25, -0.2) is 17.6 Å². The molecule has 2 saturated carbocycles. The van der Waals surface area contributed by atoms with Gasteiger partial charge in [0.05, 0.1) is 0 Å². The molecule has 0 nitrogen and oxygen atoms in total. The summed E-state index contributed by atoms with van der Waals surface area (Å²) in [6, 6.07) is 5.68. The summed E-state index contributed by atoms with van der Waals surface area (Å²) < 4.78 is 53.4. The first-order valence-electron chi connectivity index (χ1n) is 7.31. The zero-order valence-corrected chi connectivity index (χ0v) is 13.1. The molecular weight excluding hydrogens is 348 g/mol. The molecule has 3 rings (SSSR count). The Hall–Kier alpha value is -0.580. The molecule has 1 aromatic rings. The summed E-state index contributed by atoms with van der Waals surface area (Å²) in [6.07, 6.45) is 0.533. The quantitative estimate of drug-likeness (QED) is 0.543. The third-order valence-corrected chi connectivity index (χ3v) is 5.46. The van der Waals surface area contributed by atoms with E-state index < -0.39 is 11.8 Å². The molecule has 2 aliphatic carbocycles. The average Bonchev–Trinajstić information content (AvgIpc) is 2.37. The molecule has 0 aromatic heterocycles. The van der Waals surface area contributed by atoms with Crippen molar-refractivity contribution in [2.75, 3.05) is 0 Å². The summed E-state index contributed by atoms with van der Waals surface area (Å²) in [5.41, 5.74) is 1.91. The van der Waals surface area contributed by atoms with Crippen LogP contribution in [0.3, 0.4) is 0 Å². The number of rotatable bonds is 2. The van der Waals surface area contributed by atoms with Gasteiger partial charge in [0, 0.05) is 30.2 Å². The van der Waals surface area contributed by atoms with Gasteiger partial charge < -0.3 is 0 Å². The molecule has 21 heavy (non-hydrogen) atoms. The zero-order chi connectivity index (χ0) is 15.3. The normalized spacial score (nSPS) is 25.6. The highest BCUT2D eigenvalue weighted by Gasteiger charge is 2.46. The Balaban J connectivity index is 1.76. The molecule has 1 aromatic carbocycles. The van der Waals surface area contributed by atoms with Gasteiger partial charge in [0.15, 0.2) is 0 Å². The van der Waals surface area contributed by atoms with E-state index in [0.717, 1.165) is 15.6 Å². The third-order valence-electron chi connectivity index (χ3n) is 4.74. The van der Waals surface area contributed by atoms with Crippen LogP contribution in [-0.4, -0.2) is 11.8 Å². The number of hydrogen-bond donors (Lipinski definition) is 0. The summed E-state index contributed by atoms with van der Waals surface area (Å²) in [5, 5.41) is 0. The Bertz CT molecular complexity index is 523. The number of alkyl halides is 4. The molecule has 0 N–H and O–H groups in total. The Morgan fingerprint density at radius 3 is 2.10 bits per heavy atom. The van der Waals surface area contributed by atoms with E-state index in [4.69, 9.17) is 0 Å². The van der Waals surface area contributed by atoms with Gasteiger partial charge in [-0.2, -0.15) is 0 Å². The molecule has 0 bridgehead atoms. The fourth-order valence-electron chi connectivity index (χ4n) is 3.38. The molecule has 0 saturated heterocycles. The van der Waals surface area contributed by atoms with Crippen molar-refractivity contribution in [2.24, 2.45) is 0 Å². The van der Waals surface area contributed by atoms with Crippen molar-refractivity contribution < 1.29 is 17.6 Å². The zero-order valence-electron chi connectivity index (χ0n) is 11.5. The van der Waals surface area contributed by atoms with Crippen LogP contribution in [0, 0.1) is 0 Å². The van der Waals surface area contributed by atoms with E-state index in [2.05, 4.69) is 15.9 Å². The number of hydrogen-bond acceptors (Lipinski definition) is 0. The summed E-state index contributed by atoms with van der Waals surface area (Å²) in [7, 11) is 0. The first-order valence-corrected chi connectivity index (χ1v) is 8.10. The van der Waals surface area contributed by atoms with Crippen molar-refractivity contribution in [1.29, 1.82) is 0 Å². The third kappa shape index (κ3) is 3.27. The van der Waals surface area contributed by atoms with E-state index in [1.165, 1.54) is 0 Å². The Morgan fingerprint density at radius 2 is 1.52 bits per heavy atom. The highest BCUT2D eigenvalue weighted by Crippen LogP contribution is 2.50. The first-order chi connectivity index (χ1) is 9.76. The predicted octanol–water partition coefficient (Wildman–Crippen LogP) is 6.25. The first kappa shape index (κ1) is 15.3. The van der Waals surface area contributed by atoms with Gasteiger partial charge in [0.25, 0.3) is 0 Å². The van der Waals surface area contributed by atoms with E-state index >= 15 is 0 Å². The second-order valence-electron chi connectivity index (χ2n) is 6.37. The van der Waals surface area contributed by atoms with Gasteiger partial charge in [-0.05, 0) is 41.9 Å². The summed E-state index contributed by atoms with van der Waals surface area (Å²) in [4.78, 5) is 0. The monoisotopic (exact) mass is 364 g/mol. The minimum atomic E-state index is -2.55. The molecule has 2 fully saturated rings. The van der Waals surface area contributed by atoms with E-state index in [-0.39, 0.29) is 37.5 Å². The van der Waals surface area contributed by atoms with Gasteiger partial charge in [-0.1, -0.05) is 28.1 Å². The lowest BCUT2D eigenvalue weighted by Gasteiger charge is -2.36. The van der Waals surface area contributed by atoms with Gasteiger partial charge in [-0.3, -0.25) is 0 Å². The van der Waals surface area contributed by atoms with E-state index in [0.29, 0.717) is 12.8 Å². The van der Waals surface area contributed by atoms with Crippen LogP contribution in [0.15, 0.2) is 22.7 Å². The van der Waals surface area contributed by atoms with Gasteiger partial charge in [-0.15, -0.1) is 0 Å². The van der Waals surface area contributed by atoms with Crippen LogP contribution in [-0.2, 0) is 0 Å². The molecule has 0 spiro atoms. The SMILES string of the molecule is FC1(F)CCC(c2cc(C3CC(F)(F)C3)ccc2Br)CC1. The van der Waals surface area contributed by atoms with Crippen LogP contribution in [0.2, 0.25) is 0 Å². The van der Waals surface area contributed by atoms with E-state index in [1.807, 2.05) is 18.2 Å². The summed E-state index contributed by atoms with van der Waals surface area (Å²) in [6.45, 7) is 0. The fourth-order valence-corrected chi connectivity index (χ4v) is 3.95. The lowest BCUT2D eigenvalue weighted by molar-refractivity contribution is -0.0868. The van der Waals surface area contributed by atoms with Crippen molar-refractivity contribution in [3.63, 3.8) is 0 Å². The molecule has 0 aliphatic heterocycles. The highest BCUT2D eigenvalue weighted by molar-refractivity contribution is 9.10. The minimum Gasteiger partial charge on any atom is -0.207 e. The average molecular weight is 365 g/mol. The maximum Gasteiger partial charge on any atom is 0.249 e. The molecule has 0 atom stereocenters. The number of halogens is 5. The van der Waals surface area contributed by atoms with Gasteiger partial charge in [0.2, 0.25) is 11.8 Å². The van der Waals surface area contributed by atoms with Crippen LogP contribution >= 0.6 is 15.9 Å². The maximum atomic E-state index is 13.3. The maximum absolute atomic E-state index is 13.3. The lowest BCUT2D eigenvalue weighted by Crippen LogP contribution is -2.33. The smallest absolute Gasteiger partial charge is 0.207 e. The topological polar surface area (TPSA) is 0 Å². The van der Waals surface area contributed by atoms with Crippen molar-refractivity contribution in [1.82, 2.24) is 0 Å². The Kier molecular flexibility index (Phi) is 3.83. The van der Waals surface area contributed by atoms with Crippen LogP contribution in [0.4, 0.5) is 17.6 Å². The van der Waals surface area contributed by atoms with Crippen LogP contribution in [0.1, 0.15) is 61.5 Å². The fraction of sp³-hybridized carbons (Fsp3) is 0.625. The molecule has 0 heterocycles. The van der Waals surface area contributed by atoms with Crippen LogP contribution in [0.25, 0.3) is 0 Å². The second kappa shape index (κ2) is 5.25.